The summed E-state index contributed by atoms with van der Waals surface area (Å²) in [4.78, 5) is 17.3. The van der Waals surface area contributed by atoms with E-state index >= 15 is 0 Å². The third-order valence-electron chi connectivity index (χ3n) is 3.22. The van der Waals surface area contributed by atoms with E-state index in [2.05, 4.69) is 14.7 Å². The highest BCUT2D eigenvalue weighted by molar-refractivity contribution is 7.89. The first kappa shape index (κ1) is 13.8. The predicted octanol–water partition coefficient (Wildman–Crippen LogP) is 0.280. The number of aliphatic hydroxyl groups excluding tert-OH is 1. The number of aromatic nitrogens is 2. The first-order valence-electron chi connectivity index (χ1n) is 6.26. The Morgan fingerprint density at radius 2 is 2.00 bits per heavy atom. The second-order valence-electron chi connectivity index (χ2n) is 4.55. The van der Waals surface area contributed by atoms with Crippen LogP contribution in [0.1, 0.15) is 0 Å². The summed E-state index contributed by atoms with van der Waals surface area (Å²) in [7, 11) is -3.68. The largest absolute Gasteiger partial charge is 0.395 e. The van der Waals surface area contributed by atoms with Crippen molar-refractivity contribution >= 4 is 31.8 Å². The normalized spacial score (nSPS) is 12.2. The first-order valence-corrected chi connectivity index (χ1v) is 7.75. The third kappa shape index (κ3) is 2.33. The molecule has 1 aromatic carbocycles. The van der Waals surface area contributed by atoms with Crippen molar-refractivity contribution in [2.45, 2.75) is 4.90 Å². The lowest BCUT2D eigenvalue weighted by molar-refractivity contribution is 0.301. The Balaban J connectivity index is 2.22. The number of rotatable bonds is 4. The van der Waals surface area contributed by atoms with Crippen LogP contribution in [0.2, 0.25) is 0 Å². The van der Waals surface area contributed by atoms with Crippen molar-refractivity contribution in [3.63, 3.8) is 0 Å². The van der Waals surface area contributed by atoms with E-state index in [0.29, 0.717) is 21.8 Å². The lowest BCUT2D eigenvalue weighted by atomic mass is 10.2. The van der Waals surface area contributed by atoms with Crippen LogP contribution in [-0.2, 0) is 10.0 Å². The van der Waals surface area contributed by atoms with Crippen molar-refractivity contribution in [1.82, 2.24) is 14.7 Å². The molecule has 8 heteroatoms. The lowest BCUT2D eigenvalue weighted by Crippen LogP contribution is -2.26. The molecule has 2 aromatic heterocycles. The zero-order valence-corrected chi connectivity index (χ0v) is 11.7. The van der Waals surface area contributed by atoms with Crippen LogP contribution in [0.25, 0.3) is 21.8 Å². The summed E-state index contributed by atoms with van der Waals surface area (Å²) in [5.41, 5.74) is 0.833. The second-order valence-corrected chi connectivity index (χ2v) is 6.32. The fourth-order valence-corrected chi connectivity index (χ4v) is 3.29. The van der Waals surface area contributed by atoms with Crippen LogP contribution in [0.4, 0.5) is 0 Å². The maximum Gasteiger partial charge on any atom is 0.272 e. The van der Waals surface area contributed by atoms with E-state index in [1.54, 1.807) is 12.1 Å². The van der Waals surface area contributed by atoms with Crippen molar-refractivity contribution in [1.29, 1.82) is 0 Å². The van der Waals surface area contributed by atoms with Crippen LogP contribution >= 0.6 is 0 Å². The monoisotopic (exact) mass is 307 g/mol. The Hall–Kier alpha value is -2.16. The molecule has 0 fully saturated rings. The Morgan fingerprint density at radius 3 is 2.76 bits per heavy atom. The summed E-state index contributed by atoms with van der Waals surface area (Å²) >= 11 is 0. The van der Waals surface area contributed by atoms with Gasteiger partial charge >= 0.3 is 0 Å². The average molecular weight is 307 g/mol. The molecule has 0 radical (unpaired) electrons. The van der Waals surface area contributed by atoms with Crippen LogP contribution in [0.5, 0.6) is 0 Å². The van der Waals surface area contributed by atoms with Crippen molar-refractivity contribution < 1.29 is 13.5 Å². The molecule has 0 aliphatic heterocycles. The van der Waals surface area contributed by atoms with Crippen LogP contribution in [0.15, 0.2) is 40.2 Å². The number of hydrogen-bond acceptors (Lipinski definition) is 4. The van der Waals surface area contributed by atoms with Gasteiger partial charge in [0.25, 0.3) is 5.56 Å². The van der Waals surface area contributed by atoms with Crippen molar-refractivity contribution in [2.24, 2.45) is 0 Å². The van der Waals surface area contributed by atoms with Gasteiger partial charge in [0.05, 0.1) is 11.5 Å². The van der Waals surface area contributed by atoms with E-state index in [4.69, 9.17) is 5.11 Å². The molecule has 3 rings (SSSR count). The fraction of sp³-hybridized carbons (Fsp3) is 0.154. The highest BCUT2D eigenvalue weighted by Crippen LogP contribution is 2.25. The molecule has 2 heterocycles. The van der Waals surface area contributed by atoms with E-state index in [0.717, 1.165) is 0 Å². The number of hydrogen-bond donors (Lipinski definition) is 4. The smallest absolute Gasteiger partial charge is 0.272 e. The number of H-pyrrole nitrogens is 2. The molecule has 3 aromatic rings. The van der Waals surface area contributed by atoms with E-state index in [9.17, 15) is 13.2 Å². The van der Waals surface area contributed by atoms with Gasteiger partial charge in [-0.3, -0.25) is 4.79 Å². The Bertz CT molecular complexity index is 972. The fourth-order valence-electron chi connectivity index (χ4n) is 2.25. The average Bonchev–Trinajstić information content (AvgIpc) is 2.85. The predicted molar refractivity (Wildman–Crippen MR) is 78.7 cm³/mol. The highest BCUT2D eigenvalue weighted by atomic mass is 32.2. The number of sulfonamides is 1. The number of fused-ring (bicyclic) bond motifs is 3. The minimum atomic E-state index is -3.68. The standard InChI is InChI=1S/C13H13N3O4S/c17-6-5-15-21(19,20)8-1-2-11-10(7-8)9-3-4-14-13(18)12(9)16-11/h1-4,7,15-17H,5-6H2,(H,14,18). The Kier molecular flexibility index (Phi) is 3.28. The summed E-state index contributed by atoms with van der Waals surface area (Å²) < 4.78 is 26.4. The molecule has 0 aliphatic rings. The summed E-state index contributed by atoms with van der Waals surface area (Å²) in [6.45, 7) is -0.322. The summed E-state index contributed by atoms with van der Waals surface area (Å²) in [5, 5.41) is 10.0. The summed E-state index contributed by atoms with van der Waals surface area (Å²) in [6.07, 6.45) is 1.52. The molecule has 0 atom stereocenters. The maximum absolute atomic E-state index is 12.1. The Morgan fingerprint density at radius 1 is 1.19 bits per heavy atom. The highest BCUT2D eigenvalue weighted by Gasteiger charge is 2.15. The molecule has 0 bridgehead atoms. The Labute approximate surface area is 119 Å². The number of aromatic amines is 2. The third-order valence-corrected chi connectivity index (χ3v) is 4.67. The van der Waals surface area contributed by atoms with Gasteiger partial charge in [0, 0.05) is 29.0 Å². The van der Waals surface area contributed by atoms with Crippen LogP contribution < -0.4 is 10.3 Å². The molecule has 0 saturated carbocycles. The van der Waals surface area contributed by atoms with Gasteiger partial charge in [-0.1, -0.05) is 0 Å². The molecule has 0 aliphatic carbocycles. The van der Waals surface area contributed by atoms with Crippen LogP contribution in [0, 0.1) is 0 Å². The van der Waals surface area contributed by atoms with Gasteiger partial charge < -0.3 is 15.1 Å². The SMILES string of the molecule is O=c1[nH]ccc2c1[nH]c1ccc(S(=O)(=O)NCCO)cc12. The van der Waals surface area contributed by atoms with Gasteiger partial charge in [0.1, 0.15) is 5.52 Å². The van der Waals surface area contributed by atoms with Crippen molar-refractivity contribution in [2.75, 3.05) is 13.2 Å². The first-order chi connectivity index (χ1) is 10.0. The number of aliphatic hydroxyl groups is 1. The van der Waals surface area contributed by atoms with Gasteiger partial charge in [-0.2, -0.15) is 0 Å². The number of benzene rings is 1. The quantitative estimate of drug-likeness (QED) is 0.554. The molecule has 4 N–H and O–H groups in total. The molecule has 0 unspecified atom stereocenters. The van der Waals surface area contributed by atoms with Gasteiger partial charge in [0.15, 0.2) is 0 Å². The van der Waals surface area contributed by atoms with Gasteiger partial charge in [0.2, 0.25) is 10.0 Å². The molecule has 0 saturated heterocycles. The van der Waals surface area contributed by atoms with Gasteiger partial charge in [-0.25, -0.2) is 13.1 Å². The molecule has 0 amide bonds. The molecule has 110 valence electrons. The number of nitrogens with one attached hydrogen (secondary N) is 3. The van der Waals surface area contributed by atoms with Crippen molar-refractivity contribution in [3.8, 4) is 0 Å². The van der Waals surface area contributed by atoms with Crippen molar-refractivity contribution in [3.05, 3.63) is 40.8 Å². The topological polar surface area (TPSA) is 115 Å². The maximum atomic E-state index is 12.1. The van der Waals surface area contributed by atoms with Gasteiger partial charge in [-0.15, -0.1) is 0 Å². The molecule has 21 heavy (non-hydrogen) atoms. The molecular weight excluding hydrogens is 294 g/mol. The molecular formula is C13H13N3O4S. The zero-order valence-electron chi connectivity index (χ0n) is 10.9. The van der Waals surface area contributed by atoms with E-state index in [1.807, 2.05) is 0 Å². The van der Waals surface area contributed by atoms with Crippen LogP contribution in [-0.4, -0.2) is 36.6 Å². The summed E-state index contributed by atoms with van der Waals surface area (Å²) in [6, 6.07) is 6.29. The lowest BCUT2D eigenvalue weighted by Gasteiger charge is -2.05. The van der Waals surface area contributed by atoms with E-state index in [-0.39, 0.29) is 23.6 Å². The minimum absolute atomic E-state index is 0.0477. The van der Waals surface area contributed by atoms with Gasteiger partial charge in [-0.05, 0) is 24.3 Å². The van der Waals surface area contributed by atoms with Crippen LogP contribution in [0.3, 0.4) is 0 Å². The minimum Gasteiger partial charge on any atom is -0.395 e. The van der Waals surface area contributed by atoms with E-state index < -0.39 is 10.0 Å². The summed E-state index contributed by atoms with van der Waals surface area (Å²) in [5.74, 6) is 0. The van der Waals surface area contributed by atoms with E-state index in [1.165, 1.54) is 18.3 Å². The zero-order chi connectivity index (χ0) is 15.0. The second kappa shape index (κ2) is 4.99. The molecule has 7 nitrogen and oxygen atoms in total. The molecule has 0 spiro atoms. The number of pyridine rings is 1.